The van der Waals surface area contributed by atoms with Crippen molar-refractivity contribution in [1.29, 1.82) is 0 Å². The molecule has 2 N–H and O–H groups in total. The number of H-pyrrole nitrogens is 1. The molecule has 0 aliphatic carbocycles. The molecule has 0 radical (unpaired) electrons. The third kappa shape index (κ3) is 3.69. The zero-order chi connectivity index (χ0) is 18.8. The second-order valence-electron chi connectivity index (χ2n) is 6.87. The van der Waals surface area contributed by atoms with Crippen molar-refractivity contribution in [3.63, 3.8) is 0 Å². The van der Waals surface area contributed by atoms with Crippen LogP contribution in [-0.4, -0.2) is 34.8 Å². The maximum atomic E-state index is 13.3. The number of fused-ring (bicyclic) bond motifs is 1. The molecular formula is C21H20FN3O2. The monoisotopic (exact) mass is 365 g/mol. The maximum Gasteiger partial charge on any atom is 0.253 e. The quantitative estimate of drug-likeness (QED) is 0.741. The molecule has 2 amide bonds. The Morgan fingerprint density at radius 3 is 2.89 bits per heavy atom. The molecule has 5 nitrogen and oxygen atoms in total. The van der Waals surface area contributed by atoms with Crippen molar-refractivity contribution < 1.29 is 14.0 Å². The predicted octanol–water partition coefficient (Wildman–Crippen LogP) is 3.80. The van der Waals surface area contributed by atoms with Gasteiger partial charge in [-0.05, 0) is 54.6 Å². The summed E-state index contributed by atoms with van der Waals surface area (Å²) in [5.74, 6) is -0.958. The number of carbonyl (C=O) groups is 2. The van der Waals surface area contributed by atoms with Crippen LogP contribution in [0.2, 0.25) is 0 Å². The molecular weight excluding hydrogens is 345 g/mol. The molecule has 1 aliphatic heterocycles. The van der Waals surface area contributed by atoms with Crippen LogP contribution in [-0.2, 0) is 4.79 Å². The number of rotatable bonds is 3. The molecule has 4 rings (SSSR count). The largest absolute Gasteiger partial charge is 0.361 e. The third-order valence-electron chi connectivity index (χ3n) is 4.97. The van der Waals surface area contributed by atoms with Gasteiger partial charge in [-0.15, -0.1) is 0 Å². The highest BCUT2D eigenvalue weighted by atomic mass is 19.1. The highest BCUT2D eigenvalue weighted by molar-refractivity contribution is 5.99. The van der Waals surface area contributed by atoms with Gasteiger partial charge in [0.2, 0.25) is 5.91 Å². The predicted molar refractivity (Wildman–Crippen MR) is 102 cm³/mol. The number of nitrogens with one attached hydrogen (secondary N) is 2. The summed E-state index contributed by atoms with van der Waals surface area (Å²) >= 11 is 0. The van der Waals surface area contributed by atoms with Crippen LogP contribution in [0.1, 0.15) is 23.2 Å². The SMILES string of the molecule is O=C(Nc1cccc(F)c1)[C@@H]1CCCN(C(=O)c2ccc3cc[nH]c3c2)C1. The molecule has 0 saturated carbocycles. The number of aromatic amines is 1. The van der Waals surface area contributed by atoms with E-state index in [0.29, 0.717) is 30.8 Å². The smallest absolute Gasteiger partial charge is 0.253 e. The standard InChI is InChI=1S/C21H20FN3O2/c22-17-4-1-5-18(12-17)24-20(26)16-3-2-10-25(13-16)21(27)15-7-6-14-8-9-23-19(14)11-15/h1,4-9,11-12,16,23H,2-3,10,13H2,(H,24,26)/t16-/m1/s1. The number of anilines is 1. The molecule has 1 aromatic heterocycles. The fourth-order valence-corrected chi connectivity index (χ4v) is 3.55. The summed E-state index contributed by atoms with van der Waals surface area (Å²) in [6, 6.07) is 13.3. The fourth-order valence-electron chi connectivity index (χ4n) is 3.55. The van der Waals surface area contributed by atoms with Crippen molar-refractivity contribution in [3.05, 3.63) is 66.1 Å². The Morgan fingerprint density at radius 2 is 2.04 bits per heavy atom. The number of aromatic nitrogens is 1. The first-order valence-corrected chi connectivity index (χ1v) is 9.03. The number of hydrogen-bond acceptors (Lipinski definition) is 2. The van der Waals surface area contributed by atoms with Gasteiger partial charge in [-0.2, -0.15) is 0 Å². The summed E-state index contributed by atoms with van der Waals surface area (Å²) in [5, 5.41) is 3.80. The van der Waals surface area contributed by atoms with E-state index in [1.54, 1.807) is 17.0 Å². The van der Waals surface area contributed by atoms with Crippen LogP contribution < -0.4 is 5.32 Å². The van der Waals surface area contributed by atoms with Gasteiger partial charge in [0.05, 0.1) is 5.92 Å². The van der Waals surface area contributed by atoms with E-state index in [9.17, 15) is 14.0 Å². The lowest BCUT2D eigenvalue weighted by Gasteiger charge is -2.32. The first kappa shape index (κ1) is 17.3. The van der Waals surface area contributed by atoms with Crippen LogP contribution in [0.15, 0.2) is 54.7 Å². The number of nitrogens with zero attached hydrogens (tertiary/aromatic N) is 1. The summed E-state index contributed by atoms with van der Waals surface area (Å²) in [4.78, 5) is 30.3. The van der Waals surface area contributed by atoms with Crippen LogP contribution in [0.3, 0.4) is 0 Å². The van der Waals surface area contributed by atoms with E-state index in [4.69, 9.17) is 0 Å². The Balaban J connectivity index is 1.45. The average molecular weight is 365 g/mol. The van der Waals surface area contributed by atoms with E-state index in [1.165, 1.54) is 12.1 Å². The van der Waals surface area contributed by atoms with Crippen LogP contribution in [0.25, 0.3) is 10.9 Å². The summed E-state index contributed by atoms with van der Waals surface area (Å²) in [7, 11) is 0. The second kappa shape index (κ2) is 7.23. The van der Waals surface area contributed by atoms with Crippen molar-refractivity contribution in [1.82, 2.24) is 9.88 Å². The minimum atomic E-state index is -0.395. The van der Waals surface area contributed by atoms with E-state index in [-0.39, 0.29) is 17.7 Å². The van der Waals surface area contributed by atoms with E-state index in [1.807, 2.05) is 30.5 Å². The Kier molecular flexibility index (Phi) is 4.62. The van der Waals surface area contributed by atoms with E-state index in [0.717, 1.165) is 17.3 Å². The van der Waals surface area contributed by atoms with Crippen molar-refractivity contribution in [2.75, 3.05) is 18.4 Å². The number of hydrogen-bond donors (Lipinski definition) is 2. The fraction of sp³-hybridized carbons (Fsp3) is 0.238. The number of benzene rings is 2. The summed E-state index contributed by atoms with van der Waals surface area (Å²) in [6.07, 6.45) is 3.31. The van der Waals surface area contributed by atoms with Gasteiger partial charge in [-0.3, -0.25) is 9.59 Å². The van der Waals surface area contributed by atoms with Gasteiger partial charge in [0, 0.05) is 36.1 Å². The highest BCUT2D eigenvalue weighted by Gasteiger charge is 2.29. The van der Waals surface area contributed by atoms with Crippen molar-refractivity contribution in [2.24, 2.45) is 5.92 Å². The lowest BCUT2D eigenvalue weighted by molar-refractivity contribution is -0.121. The zero-order valence-electron chi connectivity index (χ0n) is 14.7. The minimum absolute atomic E-state index is 0.0743. The molecule has 1 aliphatic rings. The molecule has 0 spiro atoms. The number of piperidine rings is 1. The Labute approximate surface area is 156 Å². The first-order chi connectivity index (χ1) is 13.1. The molecule has 0 unspecified atom stereocenters. The lowest BCUT2D eigenvalue weighted by atomic mass is 9.96. The van der Waals surface area contributed by atoms with Gasteiger partial charge < -0.3 is 15.2 Å². The molecule has 27 heavy (non-hydrogen) atoms. The molecule has 1 atom stereocenters. The Bertz CT molecular complexity index is 998. The van der Waals surface area contributed by atoms with Crippen molar-refractivity contribution in [3.8, 4) is 0 Å². The second-order valence-corrected chi connectivity index (χ2v) is 6.87. The number of likely N-dealkylation sites (tertiary alicyclic amines) is 1. The molecule has 2 aromatic carbocycles. The summed E-state index contributed by atoms with van der Waals surface area (Å²) in [6.45, 7) is 0.994. The molecule has 2 heterocycles. The van der Waals surface area contributed by atoms with E-state index < -0.39 is 5.82 Å². The number of carbonyl (C=O) groups excluding carboxylic acids is 2. The van der Waals surface area contributed by atoms with Gasteiger partial charge in [0.15, 0.2) is 0 Å². The van der Waals surface area contributed by atoms with Crippen molar-refractivity contribution in [2.45, 2.75) is 12.8 Å². The first-order valence-electron chi connectivity index (χ1n) is 9.03. The molecule has 3 aromatic rings. The van der Waals surface area contributed by atoms with Crippen LogP contribution >= 0.6 is 0 Å². The number of amides is 2. The van der Waals surface area contributed by atoms with Crippen LogP contribution in [0.4, 0.5) is 10.1 Å². The van der Waals surface area contributed by atoms with Crippen molar-refractivity contribution >= 4 is 28.4 Å². The van der Waals surface area contributed by atoms with Gasteiger partial charge in [-0.25, -0.2) is 4.39 Å². The molecule has 6 heteroatoms. The molecule has 1 saturated heterocycles. The van der Waals surface area contributed by atoms with Gasteiger partial charge in [-0.1, -0.05) is 12.1 Å². The topological polar surface area (TPSA) is 65.2 Å². The normalized spacial score (nSPS) is 17.1. The summed E-state index contributed by atoms with van der Waals surface area (Å²) < 4.78 is 13.3. The molecule has 1 fully saturated rings. The highest BCUT2D eigenvalue weighted by Crippen LogP contribution is 2.22. The van der Waals surface area contributed by atoms with E-state index >= 15 is 0 Å². The average Bonchev–Trinajstić information content (AvgIpc) is 3.15. The van der Waals surface area contributed by atoms with Gasteiger partial charge in [0.25, 0.3) is 5.91 Å². The number of halogens is 1. The maximum absolute atomic E-state index is 13.3. The minimum Gasteiger partial charge on any atom is -0.361 e. The van der Waals surface area contributed by atoms with E-state index in [2.05, 4.69) is 10.3 Å². The lowest BCUT2D eigenvalue weighted by Crippen LogP contribution is -2.43. The molecule has 0 bridgehead atoms. The Morgan fingerprint density at radius 1 is 1.15 bits per heavy atom. The molecule has 138 valence electrons. The van der Waals surface area contributed by atoms with Gasteiger partial charge >= 0.3 is 0 Å². The Hall–Kier alpha value is -3.15. The third-order valence-corrected chi connectivity index (χ3v) is 4.97. The summed E-state index contributed by atoms with van der Waals surface area (Å²) in [5.41, 5.74) is 1.95. The van der Waals surface area contributed by atoms with Gasteiger partial charge in [0.1, 0.15) is 5.82 Å². The van der Waals surface area contributed by atoms with Crippen LogP contribution in [0, 0.1) is 11.7 Å². The zero-order valence-corrected chi connectivity index (χ0v) is 14.7. The van der Waals surface area contributed by atoms with Crippen LogP contribution in [0.5, 0.6) is 0 Å².